The molecule has 0 spiro atoms. The van der Waals surface area contributed by atoms with Gasteiger partial charge in [0.05, 0.1) is 15.6 Å². The lowest BCUT2D eigenvalue weighted by molar-refractivity contribution is -0.141. The zero-order chi connectivity index (χ0) is 14.3. The largest absolute Gasteiger partial charge is 0.334 e. The zero-order valence-electron chi connectivity index (χ0n) is 11.2. The second kappa shape index (κ2) is 5.21. The fraction of sp³-hybridized carbons (Fsp3) is 0.533. The molecule has 108 valence electrons. The molecule has 3 rings (SSSR count). The van der Waals surface area contributed by atoms with E-state index >= 15 is 0 Å². The fourth-order valence-electron chi connectivity index (χ4n) is 2.65. The summed E-state index contributed by atoms with van der Waals surface area (Å²) in [7, 11) is 0. The summed E-state index contributed by atoms with van der Waals surface area (Å²) in [5.74, 6) is 0.0947. The number of halogens is 2. The molecule has 5 heteroatoms. The smallest absolute Gasteiger partial charge is 0.243 e. The van der Waals surface area contributed by atoms with Gasteiger partial charge in [0.1, 0.15) is 0 Å². The Morgan fingerprint density at radius 3 is 2.50 bits per heavy atom. The summed E-state index contributed by atoms with van der Waals surface area (Å²) in [6, 6.07) is 5.87. The predicted octanol–water partition coefficient (Wildman–Crippen LogP) is 3.37. The van der Waals surface area contributed by atoms with Gasteiger partial charge in [0.2, 0.25) is 5.91 Å². The van der Waals surface area contributed by atoms with E-state index in [1.54, 1.807) is 6.07 Å². The van der Waals surface area contributed by atoms with Gasteiger partial charge in [-0.25, -0.2) is 0 Å². The van der Waals surface area contributed by atoms with Crippen molar-refractivity contribution in [3.8, 4) is 0 Å². The van der Waals surface area contributed by atoms with Gasteiger partial charge >= 0.3 is 0 Å². The molecule has 1 aromatic rings. The van der Waals surface area contributed by atoms with Gasteiger partial charge in [-0.05, 0) is 49.8 Å². The van der Waals surface area contributed by atoms with Crippen LogP contribution in [-0.2, 0) is 11.3 Å². The maximum Gasteiger partial charge on any atom is 0.243 e. The predicted molar refractivity (Wildman–Crippen MR) is 80.8 cm³/mol. The van der Waals surface area contributed by atoms with Crippen LogP contribution in [0.15, 0.2) is 18.2 Å². The average Bonchev–Trinajstić information content (AvgIpc) is 3.21. The molecule has 1 aromatic carbocycles. The molecule has 0 unspecified atom stereocenters. The second-order valence-corrected chi connectivity index (χ2v) is 6.74. The van der Waals surface area contributed by atoms with Crippen molar-refractivity contribution in [2.75, 3.05) is 0 Å². The van der Waals surface area contributed by atoms with Crippen molar-refractivity contribution in [3.05, 3.63) is 33.8 Å². The number of benzene rings is 1. The number of carbonyl (C=O) groups excluding carboxylic acids is 1. The minimum absolute atomic E-state index is 0.0947. The molecule has 0 bridgehead atoms. The summed E-state index contributed by atoms with van der Waals surface area (Å²) < 4.78 is 0. The van der Waals surface area contributed by atoms with Crippen LogP contribution < -0.4 is 5.73 Å². The van der Waals surface area contributed by atoms with Crippen LogP contribution in [0.25, 0.3) is 0 Å². The minimum Gasteiger partial charge on any atom is -0.334 e. The number of nitrogens with zero attached hydrogens (tertiary/aromatic N) is 1. The zero-order valence-corrected chi connectivity index (χ0v) is 12.8. The highest BCUT2D eigenvalue weighted by Gasteiger charge is 2.46. The van der Waals surface area contributed by atoms with Crippen molar-refractivity contribution in [2.45, 2.75) is 50.2 Å². The van der Waals surface area contributed by atoms with Gasteiger partial charge < -0.3 is 10.6 Å². The average molecular weight is 313 g/mol. The summed E-state index contributed by atoms with van der Waals surface area (Å²) in [4.78, 5) is 14.6. The van der Waals surface area contributed by atoms with Crippen molar-refractivity contribution >= 4 is 29.1 Å². The Bertz CT molecular complexity index is 539. The first-order valence-corrected chi connectivity index (χ1v) is 7.79. The molecule has 0 atom stereocenters. The molecular weight excluding hydrogens is 295 g/mol. The molecule has 0 saturated heterocycles. The molecule has 0 radical (unpaired) electrons. The standard InChI is InChI=1S/C15H18Cl2N2O/c16-12-5-2-10(8-13(12)17)9-19(11-3-4-11)14(20)15(18)6-1-7-15/h2,5,8,11H,1,3-4,6-7,9,18H2. The number of hydrogen-bond donors (Lipinski definition) is 1. The topological polar surface area (TPSA) is 46.3 Å². The van der Waals surface area contributed by atoms with E-state index in [1.165, 1.54) is 0 Å². The summed E-state index contributed by atoms with van der Waals surface area (Å²) in [5, 5.41) is 1.06. The molecule has 0 aromatic heterocycles. The van der Waals surface area contributed by atoms with Crippen molar-refractivity contribution in [1.82, 2.24) is 4.90 Å². The third kappa shape index (κ3) is 2.67. The molecular formula is C15H18Cl2N2O. The van der Waals surface area contributed by atoms with Crippen LogP contribution in [0.2, 0.25) is 10.0 Å². The molecule has 0 aliphatic heterocycles. The summed E-state index contributed by atoms with van der Waals surface area (Å²) in [6.45, 7) is 0.569. The van der Waals surface area contributed by atoms with Crippen molar-refractivity contribution in [1.29, 1.82) is 0 Å². The van der Waals surface area contributed by atoms with E-state index in [2.05, 4.69) is 0 Å². The Hall–Kier alpha value is -0.770. The number of amides is 1. The van der Waals surface area contributed by atoms with Crippen LogP contribution in [0.3, 0.4) is 0 Å². The summed E-state index contributed by atoms with van der Waals surface area (Å²) in [5.41, 5.74) is 6.56. The van der Waals surface area contributed by atoms with Crippen LogP contribution in [-0.4, -0.2) is 22.4 Å². The quantitative estimate of drug-likeness (QED) is 0.926. The SMILES string of the molecule is NC1(C(=O)N(Cc2ccc(Cl)c(Cl)c2)C2CC2)CCC1. The third-order valence-electron chi connectivity index (χ3n) is 4.26. The molecule has 3 nitrogen and oxygen atoms in total. The normalized spacial score (nSPS) is 20.4. The second-order valence-electron chi connectivity index (χ2n) is 5.92. The molecule has 2 fully saturated rings. The van der Waals surface area contributed by atoms with Gasteiger partial charge in [-0.3, -0.25) is 4.79 Å². The van der Waals surface area contributed by atoms with Crippen LogP contribution in [0, 0.1) is 0 Å². The Morgan fingerprint density at radius 2 is 2.00 bits per heavy atom. The lowest BCUT2D eigenvalue weighted by Crippen LogP contribution is -2.59. The molecule has 0 heterocycles. The van der Waals surface area contributed by atoms with Crippen molar-refractivity contribution in [3.63, 3.8) is 0 Å². The van der Waals surface area contributed by atoms with Crippen LogP contribution >= 0.6 is 23.2 Å². The van der Waals surface area contributed by atoms with Gasteiger partial charge in [-0.15, -0.1) is 0 Å². The molecule has 1 amide bonds. The highest BCUT2D eigenvalue weighted by molar-refractivity contribution is 6.42. The minimum atomic E-state index is -0.626. The van der Waals surface area contributed by atoms with Crippen molar-refractivity contribution in [2.24, 2.45) is 5.73 Å². The molecule has 2 aliphatic rings. The van der Waals surface area contributed by atoms with Gasteiger partial charge in [0.25, 0.3) is 0 Å². The number of hydrogen-bond acceptors (Lipinski definition) is 2. The first-order chi connectivity index (χ1) is 9.49. The number of rotatable bonds is 4. The van der Waals surface area contributed by atoms with E-state index in [1.807, 2.05) is 17.0 Å². The van der Waals surface area contributed by atoms with Gasteiger partial charge in [0, 0.05) is 12.6 Å². The Balaban J connectivity index is 1.77. The Morgan fingerprint density at radius 1 is 1.30 bits per heavy atom. The van der Waals surface area contributed by atoms with Crippen LogP contribution in [0.4, 0.5) is 0 Å². The Labute approximate surface area is 129 Å². The fourth-order valence-corrected chi connectivity index (χ4v) is 2.97. The lowest BCUT2D eigenvalue weighted by Gasteiger charge is -2.40. The highest BCUT2D eigenvalue weighted by atomic mass is 35.5. The monoisotopic (exact) mass is 312 g/mol. The molecule has 2 aliphatic carbocycles. The van der Waals surface area contributed by atoms with E-state index in [0.717, 1.165) is 37.7 Å². The van der Waals surface area contributed by atoms with Crippen molar-refractivity contribution < 1.29 is 4.79 Å². The third-order valence-corrected chi connectivity index (χ3v) is 5.00. The van der Waals surface area contributed by atoms with Gasteiger partial charge in [-0.2, -0.15) is 0 Å². The van der Waals surface area contributed by atoms with E-state index in [9.17, 15) is 4.79 Å². The van der Waals surface area contributed by atoms with Crippen LogP contribution in [0.5, 0.6) is 0 Å². The van der Waals surface area contributed by atoms with Crippen LogP contribution in [0.1, 0.15) is 37.7 Å². The Kier molecular flexibility index (Phi) is 3.69. The summed E-state index contributed by atoms with van der Waals surface area (Å²) in [6.07, 6.45) is 4.80. The molecule has 2 saturated carbocycles. The first-order valence-electron chi connectivity index (χ1n) is 7.03. The number of nitrogens with two attached hydrogens (primary N) is 1. The van der Waals surface area contributed by atoms with E-state index < -0.39 is 5.54 Å². The molecule has 2 N–H and O–H groups in total. The maximum atomic E-state index is 12.6. The highest BCUT2D eigenvalue weighted by Crippen LogP contribution is 2.36. The van der Waals surface area contributed by atoms with Gasteiger partial charge in [0.15, 0.2) is 0 Å². The molecule has 20 heavy (non-hydrogen) atoms. The van der Waals surface area contributed by atoms with Gasteiger partial charge in [-0.1, -0.05) is 29.3 Å². The first kappa shape index (κ1) is 14.2. The van der Waals surface area contributed by atoms with E-state index in [-0.39, 0.29) is 5.91 Å². The van der Waals surface area contributed by atoms with E-state index in [0.29, 0.717) is 22.6 Å². The number of carbonyl (C=O) groups is 1. The maximum absolute atomic E-state index is 12.6. The van der Waals surface area contributed by atoms with E-state index in [4.69, 9.17) is 28.9 Å². The lowest BCUT2D eigenvalue weighted by atomic mass is 9.76. The summed E-state index contributed by atoms with van der Waals surface area (Å²) >= 11 is 12.0.